The van der Waals surface area contributed by atoms with Crippen LogP contribution in [0.1, 0.15) is 38.2 Å². The zero-order valence-corrected chi connectivity index (χ0v) is 15.0. The molecule has 0 spiro atoms. The van der Waals surface area contributed by atoms with Crippen molar-refractivity contribution in [3.05, 3.63) is 40.2 Å². The molecule has 2 aromatic rings. The normalized spacial score (nSPS) is 19.9. The standard InChI is InChI=1S/C20H27NO4/c1-3-15-6-4-5-9-21(15)12-16(22)13-24-17-7-8-18-14(2)10-20(23)25-19(18)11-17/h7-8,10-11,15-16,22H,3-6,9,12-13H2,1-2H3. The number of nitrogens with zero attached hydrogens (tertiary/aromatic N) is 1. The van der Waals surface area contributed by atoms with E-state index in [1.807, 2.05) is 19.1 Å². The molecule has 1 aromatic carbocycles. The number of ether oxygens (including phenoxy) is 1. The first-order chi connectivity index (χ1) is 12.1. The van der Waals surface area contributed by atoms with Crippen LogP contribution in [0.4, 0.5) is 0 Å². The number of hydrogen-bond donors (Lipinski definition) is 1. The number of rotatable bonds is 6. The van der Waals surface area contributed by atoms with E-state index in [2.05, 4.69) is 11.8 Å². The highest BCUT2D eigenvalue weighted by Crippen LogP contribution is 2.23. The molecule has 1 aliphatic rings. The van der Waals surface area contributed by atoms with E-state index in [0.29, 0.717) is 23.9 Å². The van der Waals surface area contributed by atoms with Gasteiger partial charge in [0.1, 0.15) is 24.0 Å². The zero-order chi connectivity index (χ0) is 17.8. The van der Waals surface area contributed by atoms with Crippen molar-refractivity contribution in [3.8, 4) is 5.75 Å². The van der Waals surface area contributed by atoms with Crippen LogP contribution in [-0.4, -0.2) is 41.8 Å². The van der Waals surface area contributed by atoms with Crippen LogP contribution in [0.3, 0.4) is 0 Å². The molecule has 1 saturated heterocycles. The quantitative estimate of drug-likeness (QED) is 0.815. The van der Waals surface area contributed by atoms with E-state index in [-0.39, 0.29) is 12.2 Å². The molecule has 2 unspecified atom stereocenters. The maximum absolute atomic E-state index is 11.5. The highest BCUT2D eigenvalue weighted by molar-refractivity contribution is 5.81. The van der Waals surface area contributed by atoms with E-state index in [1.54, 1.807) is 6.07 Å². The molecule has 1 fully saturated rings. The topological polar surface area (TPSA) is 62.9 Å². The van der Waals surface area contributed by atoms with Gasteiger partial charge >= 0.3 is 5.63 Å². The lowest BCUT2D eigenvalue weighted by atomic mass is 10.00. The number of aryl methyl sites for hydroxylation is 1. The molecular formula is C20H27NO4. The molecule has 0 bridgehead atoms. The number of fused-ring (bicyclic) bond motifs is 1. The van der Waals surface area contributed by atoms with Crippen LogP contribution in [-0.2, 0) is 0 Å². The van der Waals surface area contributed by atoms with Crippen LogP contribution in [0.25, 0.3) is 11.0 Å². The second-order valence-corrected chi connectivity index (χ2v) is 6.92. The Balaban J connectivity index is 1.61. The third kappa shape index (κ3) is 4.41. The number of β-amino-alcohol motifs (C(OH)–C–C–N with tert-alkyl or cyclic N) is 1. The molecule has 5 nitrogen and oxygen atoms in total. The van der Waals surface area contributed by atoms with Crippen molar-refractivity contribution in [3.63, 3.8) is 0 Å². The van der Waals surface area contributed by atoms with Gasteiger partial charge in [-0.1, -0.05) is 13.3 Å². The second-order valence-electron chi connectivity index (χ2n) is 6.92. The minimum absolute atomic E-state index is 0.231. The van der Waals surface area contributed by atoms with Crippen molar-refractivity contribution in [1.82, 2.24) is 4.90 Å². The van der Waals surface area contributed by atoms with Crippen LogP contribution in [0.2, 0.25) is 0 Å². The fourth-order valence-electron chi connectivity index (χ4n) is 3.67. The lowest BCUT2D eigenvalue weighted by Gasteiger charge is -2.36. The molecule has 5 heteroatoms. The van der Waals surface area contributed by atoms with Crippen LogP contribution in [0.5, 0.6) is 5.75 Å². The highest BCUT2D eigenvalue weighted by atomic mass is 16.5. The molecule has 1 N–H and O–H groups in total. The molecule has 0 amide bonds. The summed E-state index contributed by atoms with van der Waals surface area (Å²) in [5.74, 6) is 0.603. The van der Waals surface area contributed by atoms with Gasteiger partial charge in [0.2, 0.25) is 0 Å². The monoisotopic (exact) mass is 345 g/mol. The largest absolute Gasteiger partial charge is 0.491 e. The first kappa shape index (κ1) is 18.0. The Kier molecular flexibility index (Phi) is 5.76. The first-order valence-corrected chi connectivity index (χ1v) is 9.16. The van der Waals surface area contributed by atoms with Gasteiger partial charge < -0.3 is 14.3 Å². The van der Waals surface area contributed by atoms with Crippen LogP contribution >= 0.6 is 0 Å². The highest BCUT2D eigenvalue weighted by Gasteiger charge is 2.23. The molecule has 3 rings (SSSR count). The summed E-state index contributed by atoms with van der Waals surface area (Å²) in [5, 5.41) is 11.2. The van der Waals surface area contributed by atoms with Gasteiger partial charge in [-0.3, -0.25) is 4.90 Å². The van der Waals surface area contributed by atoms with Crippen LogP contribution in [0.15, 0.2) is 33.5 Å². The summed E-state index contributed by atoms with van der Waals surface area (Å²) in [7, 11) is 0. The molecular weight excluding hydrogens is 318 g/mol. The van der Waals surface area contributed by atoms with Crippen molar-refractivity contribution in [2.75, 3.05) is 19.7 Å². The van der Waals surface area contributed by atoms with Crippen molar-refractivity contribution in [1.29, 1.82) is 0 Å². The molecule has 0 radical (unpaired) electrons. The molecule has 2 heterocycles. The fraction of sp³-hybridized carbons (Fsp3) is 0.550. The summed E-state index contributed by atoms with van der Waals surface area (Å²) in [5.41, 5.74) is 1.03. The Morgan fingerprint density at radius 2 is 2.20 bits per heavy atom. The number of hydrogen-bond acceptors (Lipinski definition) is 5. The maximum Gasteiger partial charge on any atom is 0.336 e. The summed E-state index contributed by atoms with van der Waals surface area (Å²) in [6.07, 6.45) is 4.28. The number of aliphatic hydroxyl groups is 1. The van der Waals surface area contributed by atoms with E-state index in [9.17, 15) is 9.90 Å². The predicted molar refractivity (Wildman–Crippen MR) is 98.2 cm³/mol. The molecule has 1 aromatic heterocycles. The van der Waals surface area contributed by atoms with Crippen molar-refractivity contribution in [2.45, 2.75) is 51.7 Å². The van der Waals surface area contributed by atoms with Gasteiger partial charge in [0.05, 0.1) is 0 Å². The van der Waals surface area contributed by atoms with E-state index in [0.717, 1.165) is 23.9 Å². The van der Waals surface area contributed by atoms with Crippen molar-refractivity contribution in [2.24, 2.45) is 0 Å². The van der Waals surface area contributed by atoms with E-state index < -0.39 is 6.10 Å². The second kappa shape index (κ2) is 8.02. The molecule has 0 aliphatic carbocycles. The average molecular weight is 345 g/mol. The Morgan fingerprint density at radius 3 is 3.00 bits per heavy atom. The summed E-state index contributed by atoms with van der Waals surface area (Å²) in [4.78, 5) is 13.9. The minimum Gasteiger partial charge on any atom is -0.491 e. The summed E-state index contributed by atoms with van der Waals surface area (Å²) in [6, 6.07) is 7.49. The first-order valence-electron chi connectivity index (χ1n) is 9.16. The van der Waals surface area contributed by atoms with Crippen molar-refractivity contribution < 1.29 is 14.3 Å². The summed E-state index contributed by atoms with van der Waals surface area (Å²) >= 11 is 0. The Labute approximate surface area is 148 Å². The van der Waals surface area contributed by atoms with Gasteiger partial charge in [0.15, 0.2) is 0 Å². The zero-order valence-electron chi connectivity index (χ0n) is 15.0. The van der Waals surface area contributed by atoms with Crippen LogP contribution < -0.4 is 10.4 Å². The number of aliphatic hydroxyl groups excluding tert-OH is 1. The fourth-order valence-corrected chi connectivity index (χ4v) is 3.67. The maximum atomic E-state index is 11.5. The van der Waals surface area contributed by atoms with E-state index in [4.69, 9.17) is 9.15 Å². The van der Waals surface area contributed by atoms with Gasteiger partial charge in [-0.25, -0.2) is 4.79 Å². The van der Waals surface area contributed by atoms with E-state index in [1.165, 1.54) is 25.3 Å². The van der Waals surface area contributed by atoms with Gasteiger partial charge in [0.25, 0.3) is 0 Å². The summed E-state index contributed by atoms with van der Waals surface area (Å²) in [6.45, 7) is 6.01. The Hall–Kier alpha value is -1.85. The molecule has 0 saturated carbocycles. The van der Waals surface area contributed by atoms with Gasteiger partial charge in [-0.2, -0.15) is 0 Å². The summed E-state index contributed by atoms with van der Waals surface area (Å²) < 4.78 is 11.0. The lowest BCUT2D eigenvalue weighted by Crippen LogP contribution is -2.44. The van der Waals surface area contributed by atoms with Gasteiger partial charge in [0, 0.05) is 30.1 Å². The van der Waals surface area contributed by atoms with E-state index >= 15 is 0 Å². The van der Waals surface area contributed by atoms with Gasteiger partial charge in [-0.05, 0) is 50.4 Å². The lowest BCUT2D eigenvalue weighted by molar-refractivity contribution is 0.0388. The average Bonchev–Trinajstić information content (AvgIpc) is 2.60. The molecule has 2 atom stereocenters. The molecule has 136 valence electrons. The molecule has 1 aliphatic heterocycles. The molecule has 25 heavy (non-hydrogen) atoms. The third-order valence-corrected chi connectivity index (χ3v) is 5.03. The Morgan fingerprint density at radius 1 is 1.36 bits per heavy atom. The third-order valence-electron chi connectivity index (χ3n) is 5.03. The number of piperidine rings is 1. The Bertz CT molecular complexity index is 770. The number of benzene rings is 1. The SMILES string of the molecule is CCC1CCCCN1CC(O)COc1ccc2c(C)cc(=O)oc2c1. The minimum atomic E-state index is -0.535. The predicted octanol–water partition coefficient (Wildman–Crippen LogP) is 3.11. The smallest absolute Gasteiger partial charge is 0.336 e. The van der Waals surface area contributed by atoms with Crippen molar-refractivity contribution >= 4 is 11.0 Å². The van der Waals surface area contributed by atoms with Crippen LogP contribution in [0, 0.1) is 6.92 Å². The number of likely N-dealkylation sites (tertiary alicyclic amines) is 1. The van der Waals surface area contributed by atoms with Gasteiger partial charge in [-0.15, -0.1) is 0 Å².